The first-order chi connectivity index (χ1) is 14.6. The molecule has 30 heavy (non-hydrogen) atoms. The van der Waals surface area contributed by atoms with Crippen molar-refractivity contribution < 1.29 is 13.2 Å². The van der Waals surface area contributed by atoms with Crippen molar-refractivity contribution in [3.8, 4) is 11.3 Å². The fourth-order valence-electron chi connectivity index (χ4n) is 2.96. The normalized spacial score (nSPS) is 11.6. The summed E-state index contributed by atoms with van der Waals surface area (Å²) in [4.78, 5) is 16.4. The molecular weight excluding hydrogens is 404 g/mol. The number of nitrogens with zero attached hydrogens (tertiary/aromatic N) is 3. The lowest BCUT2D eigenvalue weighted by atomic mass is 10.1. The summed E-state index contributed by atoms with van der Waals surface area (Å²) in [5.41, 5.74) is 3.15. The topological polar surface area (TPSA) is 122 Å². The van der Waals surface area contributed by atoms with Gasteiger partial charge in [0.25, 0.3) is 0 Å². The molecule has 0 aliphatic rings. The number of rotatable bonds is 8. The Labute approximate surface area is 173 Å². The number of anilines is 2. The van der Waals surface area contributed by atoms with Crippen molar-refractivity contribution in [2.24, 2.45) is 0 Å². The van der Waals surface area contributed by atoms with E-state index < -0.39 is 10.0 Å². The summed E-state index contributed by atoms with van der Waals surface area (Å²) in [6, 6.07) is 12.1. The van der Waals surface area contributed by atoms with E-state index in [-0.39, 0.29) is 11.4 Å². The molecule has 0 spiro atoms. The van der Waals surface area contributed by atoms with Crippen LogP contribution in [-0.4, -0.2) is 48.6 Å². The third kappa shape index (κ3) is 4.30. The number of pyridine rings is 1. The number of hydrogen-bond acceptors (Lipinski definition) is 7. The van der Waals surface area contributed by atoms with E-state index in [1.54, 1.807) is 24.5 Å². The Morgan fingerprint density at radius 2 is 1.83 bits per heavy atom. The van der Waals surface area contributed by atoms with Crippen molar-refractivity contribution in [3.05, 3.63) is 61.1 Å². The van der Waals surface area contributed by atoms with Crippen LogP contribution in [0.5, 0.6) is 0 Å². The minimum atomic E-state index is -3.58. The highest BCUT2D eigenvalue weighted by molar-refractivity contribution is 7.89. The number of ether oxygens (including phenoxy) is 1. The Morgan fingerprint density at radius 3 is 2.63 bits per heavy atom. The lowest BCUT2D eigenvalue weighted by Crippen LogP contribution is -2.27. The summed E-state index contributed by atoms with van der Waals surface area (Å²) in [6.45, 7) is 0.516. The molecule has 154 valence electrons. The third-order valence-corrected chi connectivity index (χ3v) is 5.89. The van der Waals surface area contributed by atoms with Gasteiger partial charge in [-0.2, -0.15) is 0 Å². The fourth-order valence-corrected chi connectivity index (χ4v) is 3.97. The van der Waals surface area contributed by atoms with Gasteiger partial charge in [0, 0.05) is 48.9 Å². The van der Waals surface area contributed by atoms with Crippen LogP contribution in [0.1, 0.15) is 0 Å². The van der Waals surface area contributed by atoms with Gasteiger partial charge in [0.15, 0.2) is 0 Å². The number of hydrogen-bond donors (Lipinski definition) is 3. The van der Waals surface area contributed by atoms with Crippen molar-refractivity contribution in [1.29, 1.82) is 0 Å². The summed E-state index contributed by atoms with van der Waals surface area (Å²) in [6.07, 6.45) is 5.23. The second-order valence-corrected chi connectivity index (χ2v) is 8.17. The molecule has 0 amide bonds. The number of methoxy groups -OCH3 is 1. The second-order valence-electron chi connectivity index (χ2n) is 6.40. The Morgan fingerprint density at radius 1 is 1.03 bits per heavy atom. The molecule has 0 aliphatic carbocycles. The maximum absolute atomic E-state index is 12.2. The number of H-pyrrole nitrogens is 1. The molecule has 0 unspecified atom stereocenters. The summed E-state index contributed by atoms with van der Waals surface area (Å²) < 4.78 is 31.8. The van der Waals surface area contributed by atoms with Gasteiger partial charge in [0.05, 0.1) is 17.2 Å². The first kappa shape index (κ1) is 20.0. The maximum atomic E-state index is 12.2. The van der Waals surface area contributed by atoms with E-state index >= 15 is 0 Å². The first-order valence-corrected chi connectivity index (χ1v) is 10.7. The molecule has 0 atom stereocenters. The van der Waals surface area contributed by atoms with Crippen LogP contribution in [0.25, 0.3) is 22.3 Å². The Hall–Kier alpha value is -3.34. The fraction of sp³-hybridized carbons (Fsp3) is 0.150. The molecule has 9 nitrogen and oxygen atoms in total. The van der Waals surface area contributed by atoms with Crippen LogP contribution < -0.4 is 10.0 Å². The van der Waals surface area contributed by atoms with Crippen molar-refractivity contribution >= 4 is 32.7 Å². The Kier molecular flexibility index (Phi) is 5.70. The largest absolute Gasteiger partial charge is 0.383 e. The molecule has 0 saturated heterocycles. The zero-order valence-corrected chi connectivity index (χ0v) is 17.0. The molecule has 4 rings (SSSR count). The highest BCUT2D eigenvalue weighted by Crippen LogP contribution is 2.26. The van der Waals surface area contributed by atoms with Gasteiger partial charge in [-0.1, -0.05) is 0 Å². The van der Waals surface area contributed by atoms with Crippen molar-refractivity contribution in [1.82, 2.24) is 24.7 Å². The van der Waals surface area contributed by atoms with Gasteiger partial charge >= 0.3 is 0 Å². The predicted octanol–water partition coefficient (Wildman–Crippen LogP) is 2.69. The zero-order chi connectivity index (χ0) is 21.0. The second kappa shape index (κ2) is 8.57. The van der Waals surface area contributed by atoms with E-state index in [9.17, 15) is 8.42 Å². The molecule has 0 bridgehead atoms. The SMILES string of the molecule is COCCNS(=O)(=O)c1ccc(Nc2nccc(-c3ccnc4[nH]ccc34)n2)cc1. The number of fused-ring (bicyclic) bond motifs is 1. The van der Waals surface area contributed by atoms with Crippen LogP contribution >= 0.6 is 0 Å². The summed E-state index contributed by atoms with van der Waals surface area (Å²) in [5.74, 6) is 0.404. The van der Waals surface area contributed by atoms with Crippen LogP contribution in [0.4, 0.5) is 11.6 Å². The smallest absolute Gasteiger partial charge is 0.240 e. The van der Waals surface area contributed by atoms with Gasteiger partial charge in [-0.15, -0.1) is 0 Å². The minimum absolute atomic E-state index is 0.172. The van der Waals surface area contributed by atoms with E-state index in [2.05, 4.69) is 30.0 Å². The van der Waals surface area contributed by atoms with Crippen LogP contribution in [0.2, 0.25) is 0 Å². The highest BCUT2D eigenvalue weighted by Gasteiger charge is 2.13. The standard InChI is InChI=1S/C20H20N6O3S/c1-29-13-12-24-30(27,28)15-4-2-14(3-5-15)25-20-23-11-8-18(26-20)16-6-9-21-19-17(16)7-10-22-19/h2-11,24H,12-13H2,1H3,(H,21,22)(H,23,25,26). The zero-order valence-electron chi connectivity index (χ0n) is 16.2. The average molecular weight is 424 g/mol. The first-order valence-electron chi connectivity index (χ1n) is 9.18. The predicted molar refractivity (Wildman–Crippen MR) is 114 cm³/mol. The van der Waals surface area contributed by atoms with E-state index in [0.717, 1.165) is 22.3 Å². The highest BCUT2D eigenvalue weighted by atomic mass is 32.2. The number of sulfonamides is 1. The number of benzene rings is 1. The lowest BCUT2D eigenvalue weighted by Gasteiger charge is -2.09. The molecule has 3 aromatic heterocycles. The minimum Gasteiger partial charge on any atom is -0.383 e. The van der Waals surface area contributed by atoms with Crippen LogP contribution in [-0.2, 0) is 14.8 Å². The quantitative estimate of drug-likeness (QED) is 0.372. The lowest BCUT2D eigenvalue weighted by molar-refractivity contribution is 0.204. The molecule has 3 N–H and O–H groups in total. The summed E-state index contributed by atoms with van der Waals surface area (Å²) in [5, 5.41) is 4.08. The monoisotopic (exact) mass is 424 g/mol. The molecule has 10 heteroatoms. The van der Waals surface area contributed by atoms with Crippen LogP contribution in [0.3, 0.4) is 0 Å². The van der Waals surface area contributed by atoms with Crippen molar-refractivity contribution in [3.63, 3.8) is 0 Å². The van der Waals surface area contributed by atoms with E-state index in [0.29, 0.717) is 18.2 Å². The molecule has 0 aliphatic heterocycles. The number of aromatic amines is 1. The molecule has 0 radical (unpaired) electrons. The van der Waals surface area contributed by atoms with Gasteiger partial charge in [-0.3, -0.25) is 0 Å². The molecule has 1 aromatic carbocycles. The van der Waals surface area contributed by atoms with Gasteiger partial charge < -0.3 is 15.0 Å². The molecular formula is C20H20N6O3S. The Balaban J connectivity index is 1.53. The third-order valence-electron chi connectivity index (χ3n) is 4.41. The number of aromatic nitrogens is 4. The summed E-state index contributed by atoms with van der Waals surface area (Å²) in [7, 11) is -2.06. The van der Waals surface area contributed by atoms with E-state index in [4.69, 9.17) is 4.74 Å². The number of nitrogens with one attached hydrogen (secondary N) is 3. The molecule has 0 fully saturated rings. The van der Waals surface area contributed by atoms with Gasteiger partial charge in [0.2, 0.25) is 16.0 Å². The average Bonchev–Trinajstić information content (AvgIpc) is 3.23. The Bertz CT molecular complexity index is 1260. The molecule has 0 saturated carbocycles. The van der Waals surface area contributed by atoms with Gasteiger partial charge in [-0.05, 0) is 42.5 Å². The maximum Gasteiger partial charge on any atom is 0.240 e. The van der Waals surface area contributed by atoms with Gasteiger partial charge in [0.1, 0.15) is 5.65 Å². The van der Waals surface area contributed by atoms with Crippen LogP contribution in [0.15, 0.2) is 66.0 Å². The van der Waals surface area contributed by atoms with E-state index in [1.807, 2.05) is 24.4 Å². The molecule has 3 heterocycles. The van der Waals surface area contributed by atoms with E-state index in [1.165, 1.54) is 19.2 Å². The summed E-state index contributed by atoms with van der Waals surface area (Å²) >= 11 is 0. The molecule has 4 aromatic rings. The van der Waals surface area contributed by atoms with Gasteiger partial charge in [-0.25, -0.2) is 28.1 Å². The van der Waals surface area contributed by atoms with Crippen LogP contribution in [0, 0.1) is 0 Å². The van der Waals surface area contributed by atoms with Crippen molar-refractivity contribution in [2.45, 2.75) is 4.90 Å². The van der Waals surface area contributed by atoms with Crippen molar-refractivity contribution in [2.75, 3.05) is 25.6 Å².